The minimum absolute atomic E-state index is 0.0216. The minimum Gasteiger partial charge on any atom is -0.497 e. The predicted octanol–water partition coefficient (Wildman–Crippen LogP) is 6.16. The number of carbonyl (C=O) groups excluding carboxylic acids is 1. The number of carbonyl (C=O) groups is 1. The first-order valence-corrected chi connectivity index (χ1v) is 12.5. The Kier molecular flexibility index (Phi) is 7.11. The van der Waals surface area contributed by atoms with Crippen molar-refractivity contribution in [3.63, 3.8) is 0 Å². The number of amides is 1. The van der Waals surface area contributed by atoms with Crippen molar-refractivity contribution in [1.29, 1.82) is 0 Å². The first-order chi connectivity index (χ1) is 18.4. The molecule has 0 bridgehead atoms. The first kappa shape index (κ1) is 25.4. The van der Waals surface area contributed by atoms with Crippen LogP contribution in [0.5, 0.6) is 17.2 Å². The zero-order valence-electron chi connectivity index (χ0n) is 21.0. The van der Waals surface area contributed by atoms with Crippen LogP contribution in [0.15, 0.2) is 82.5 Å². The lowest BCUT2D eigenvalue weighted by Crippen LogP contribution is -2.29. The lowest BCUT2D eigenvalue weighted by atomic mass is 9.97. The third kappa shape index (κ3) is 4.61. The van der Waals surface area contributed by atoms with Crippen molar-refractivity contribution in [2.75, 3.05) is 20.3 Å². The molecule has 0 fully saturated rings. The fraction of sp³-hybridized carbons (Fsp3) is 0.200. The number of fused-ring (bicyclic) bond motifs is 2. The summed E-state index contributed by atoms with van der Waals surface area (Å²) in [6.45, 7) is 6.53. The van der Waals surface area contributed by atoms with E-state index in [0.717, 1.165) is 5.56 Å². The quantitative estimate of drug-likeness (QED) is 0.241. The van der Waals surface area contributed by atoms with Gasteiger partial charge in [-0.15, -0.1) is 0 Å². The average molecular weight is 532 g/mol. The Morgan fingerprint density at radius 2 is 1.82 bits per heavy atom. The molecule has 8 heteroatoms. The summed E-state index contributed by atoms with van der Waals surface area (Å²) in [7, 11) is 1.60. The maximum atomic E-state index is 13.8. The van der Waals surface area contributed by atoms with Gasteiger partial charge in [0.2, 0.25) is 5.76 Å². The summed E-state index contributed by atoms with van der Waals surface area (Å²) >= 11 is 6.19. The molecule has 194 valence electrons. The Bertz CT molecular complexity index is 1580. The normalized spacial score (nSPS) is 14.4. The van der Waals surface area contributed by atoms with E-state index in [1.54, 1.807) is 48.4 Å². The lowest BCUT2D eigenvalue weighted by Gasteiger charge is -2.26. The van der Waals surface area contributed by atoms with Crippen LogP contribution < -0.4 is 19.6 Å². The number of methoxy groups -OCH3 is 1. The van der Waals surface area contributed by atoms with E-state index >= 15 is 0 Å². The van der Waals surface area contributed by atoms with Crippen molar-refractivity contribution in [1.82, 2.24) is 4.90 Å². The molecule has 4 aromatic rings. The number of halogens is 1. The van der Waals surface area contributed by atoms with Gasteiger partial charge < -0.3 is 23.5 Å². The number of ether oxygens (including phenoxy) is 3. The van der Waals surface area contributed by atoms with Crippen LogP contribution in [0.3, 0.4) is 0 Å². The van der Waals surface area contributed by atoms with Gasteiger partial charge in [-0.2, -0.15) is 0 Å². The van der Waals surface area contributed by atoms with Crippen LogP contribution in [0.4, 0.5) is 0 Å². The van der Waals surface area contributed by atoms with E-state index < -0.39 is 6.04 Å². The SMILES string of the molecule is C=CCOc1ccc(C2c3c(oc4ccc(Cl)cc4c3=O)C(=O)N2Cc2ccc(OC)cc2)cc1OCC. The van der Waals surface area contributed by atoms with Gasteiger partial charge in [-0.05, 0) is 60.5 Å². The maximum absolute atomic E-state index is 13.8. The molecule has 1 aliphatic heterocycles. The summed E-state index contributed by atoms with van der Waals surface area (Å²) in [5, 5.41) is 0.722. The highest BCUT2D eigenvalue weighted by atomic mass is 35.5. The van der Waals surface area contributed by atoms with Gasteiger partial charge in [0.25, 0.3) is 5.91 Å². The average Bonchev–Trinajstić information content (AvgIpc) is 3.20. The smallest absolute Gasteiger partial charge is 0.291 e. The fourth-order valence-corrected chi connectivity index (χ4v) is 4.83. The van der Waals surface area contributed by atoms with Gasteiger partial charge in [-0.3, -0.25) is 9.59 Å². The van der Waals surface area contributed by atoms with Crippen molar-refractivity contribution < 1.29 is 23.4 Å². The lowest BCUT2D eigenvalue weighted by molar-refractivity contribution is 0.0714. The molecule has 0 saturated carbocycles. The third-order valence-electron chi connectivity index (χ3n) is 6.38. The summed E-state index contributed by atoms with van der Waals surface area (Å²) in [5.74, 6) is 1.40. The molecule has 1 unspecified atom stereocenters. The number of rotatable bonds is 9. The van der Waals surface area contributed by atoms with Gasteiger partial charge in [-0.1, -0.05) is 42.5 Å². The number of nitrogens with zero attached hydrogens (tertiary/aromatic N) is 1. The van der Waals surface area contributed by atoms with Crippen molar-refractivity contribution >= 4 is 28.5 Å². The van der Waals surface area contributed by atoms with Gasteiger partial charge in [-0.25, -0.2) is 0 Å². The van der Waals surface area contributed by atoms with Gasteiger partial charge in [0.1, 0.15) is 17.9 Å². The van der Waals surface area contributed by atoms with E-state index in [4.69, 9.17) is 30.2 Å². The zero-order valence-corrected chi connectivity index (χ0v) is 21.8. The molecule has 5 rings (SSSR count). The molecule has 3 aromatic carbocycles. The third-order valence-corrected chi connectivity index (χ3v) is 6.61. The van der Waals surface area contributed by atoms with Gasteiger partial charge >= 0.3 is 0 Å². The van der Waals surface area contributed by atoms with Crippen molar-refractivity contribution in [2.45, 2.75) is 19.5 Å². The Hall–Kier alpha value is -4.23. The predicted molar refractivity (Wildman–Crippen MR) is 146 cm³/mol. The van der Waals surface area contributed by atoms with Crippen molar-refractivity contribution in [2.24, 2.45) is 0 Å². The molecule has 0 spiro atoms. The topological polar surface area (TPSA) is 78.2 Å². The molecule has 1 aliphatic rings. The first-order valence-electron chi connectivity index (χ1n) is 12.2. The molecular weight excluding hydrogens is 506 g/mol. The standard InChI is InChI=1S/C30H26ClNO6/c1-4-14-37-24-12-8-19(15-25(24)36-5-2)27-26-28(33)22-16-20(31)9-13-23(22)38-29(26)30(34)32(27)17-18-6-10-21(35-3)11-7-18/h4,6-13,15-16,27H,1,5,14,17H2,2-3H3. The highest BCUT2D eigenvalue weighted by molar-refractivity contribution is 6.31. The van der Waals surface area contributed by atoms with E-state index in [-0.39, 0.29) is 29.2 Å². The Balaban J connectivity index is 1.68. The number of benzene rings is 3. The highest BCUT2D eigenvalue weighted by Gasteiger charge is 2.43. The molecule has 0 saturated heterocycles. The fourth-order valence-electron chi connectivity index (χ4n) is 4.66. The van der Waals surface area contributed by atoms with Crippen LogP contribution in [-0.4, -0.2) is 31.1 Å². The van der Waals surface area contributed by atoms with Crippen molar-refractivity contribution in [3.8, 4) is 17.2 Å². The summed E-state index contributed by atoms with van der Waals surface area (Å²) in [6.07, 6.45) is 1.65. The number of hydrogen-bond donors (Lipinski definition) is 0. The highest BCUT2D eigenvalue weighted by Crippen LogP contribution is 2.42. The van der Waals surface area contributed by atoms with Crippen LogP contribution in [0.2, 0.25) is 5.02 Å². The van der Waals surface area contributed by atoms with Gasteiger partial charge in [0, 0.05) is 11.6 Å². The molecule has 1 atom stereocenters. The molecule has 7 nitrogen and oxygen atoms in total. The Morgan fingerprint density at radius 3 is 2.53 bits per heavy atom. The number of hydrogen-bond acceptors (Lipinski definition) is 6. The maximum Gasteiger partial charge on any atom is 0.291 e. The van der Waals surface area contributed by atoms with Crippen LogP contribution >= 0.6 is 11.6 Å². The molecule has 38 heavy (non-hydrogen) atoms. The Labute approximate surface area is 224 Å². The van der Waals surface area contributed by atoms with E-state index in [1.807, 2.05) is 37.3 Å². The molecular formula is C30H26ClNO6. The Morgan fingerprint density at radius 1 is 1.03 bits per heavy atom. The summed E-state index contributed by atoms with van der Waals surface area (Å²) < 4.78 is 22.9. The molecule has 1 aromatic heterocycles. The van der Waals surface area contributed by atoms with Crippen LogP contribution in [0, 0.1) is 0 Å². The summed E-state index contributed by atoms with van der Waals surface area (Å²) in [4.78, 5) is 29.2. The molecule has 0 N–H and O–H groups in total. The second kappa shape index (κ2) is 10.6. The van der Waals surface area contributed by atoms with Crippen LogP contribution in [-0.2, 0) is 6.54 Å². The minimum atomic E-state index is -0.716. The molecule has 0 aliphatic carbocycles. The molecule has 2 heterocycles. The van der Waals surface area contributed by atoms with Crippen molar-refractivity contribution in [3.05, 3.63) is 111 Å². The second-order valence-corrected chi connectivity index (χ2v) is 9.17. The monoisotopic (exact) mass is 531 g/mol. The zero-order chi connectivity index (χ0) is 26.8. The van der Waals surface area contributed by atoms with Gasteiger partial charge in [0.05, 0.1) is 30.7 Å². The molecule has 1 amide bonds. The van der Waals surface area contributed by atoms with E-state index in [0.29, 0.717) is 52.0 Å². The van der Waals surface area contributed by atoms with Crippen LogP contribution in [0.25, 0.3) is 11.0 Å². The summed E-state index contributed by atoms with van der Waals surface area (Å²) in [6, 6.07) is 16.9. The second-order valence-electron chi connectivity index (χ2n) is 8.74. The van der Waals surface area contributed by atoms with E-state index in [2.05, 4.69) is 6.58 Å². The molecule has 0 radical (unpaired) electrons. The van der Waals surface area contributed by atoms with E-state index in [9.17, 15) is 9.59 Å². The van der Waals surface area contributed by atoms with Crippen LogP contribution in [0.1, 0.15) is 40.2 Å². The van der Waals surface area contributed by atoms with Gasteiger partial charge in [0.15, 0.2) is 16.9 Å². The summed E-state index contributed by atoms with van der Waals surface area (Å²) in [5.41, 5.74) is 1.83. The largest absolute Gasteiger partial charge is 0.497 e. The van der Waals surface area contributed by atoms with E-state index in [1.165, 1.54) is 0 Å².